The van der Waals surface area contributed by atoms with E-state index in [1.807, 2.05) is 30.7 Å². The van der Waals surface area contributed by atoms with Crippen molar-refractivity contribution < 1.29 is 5.11 Å². The van der Waals surface area contributed by atoms with Gasteiger partial charge in [0.05, 0.1) is 6.54 Å². The summed E-state index contributed by atoms with van der Waals surface area (Å²) in [6, 6.07) is 6.22. The maximum absolute atomic E-state index is 10.6. The van der Waals surface area contributed by atoms with E-state index in [-0.39, 0.29) is 0 Å². The molecule has 0 spiro atoms. The quantitative estimate of drug-likeness (QED) is 0.496. The third-order valence-electron chi connectivity index (χ3n) is 3.78. The maximum Gasteiger partial charge on any atom is 0.191 e. The van der Waals surface area contributed by atoms with Gasteiger partial charge >= 0.3 is 0 Å². The fraction of sp³-hybridized carbons (Fsp3) is 0.500. The highest BCUT2D eigenvalue weighted by molar-refractivity contribution is 7.09. The Morgan fingerprint density at radius 1 is 1.33 bits per heavy atom. The lowest BCUT2D eigenvalue weighted by atomic mass is 10.00. The summed E-state index contributed by atoms with van der Waals surface area (Å²) in [6.45, 7) is 8.07. The van der Waals surface area contributed by atoms with E-state index in [2.05, 4.69) is 40.1 Å². The van der Waals surface area contributed by atoms with Gasteiger partial charge in [0.2, 0.25) is 0 Å². The number of hydrogen-bond acceptors (Lipinski definition) is 4. The Kier molecular flexibility index (Phi) is 7.27. The number of aliphatic hydroxyl groups is 1. The van der Waals surface area contributed by atoms with Gasteiger partial charge in [0.1, 0.15) is 5.60 Å². The lowest BCUT2D eigenvalue weighted by Crippen LogP contribution is -2.40. The number of nitrogens with one attached hydrogen (secondary N) is 2. The molecule has 0 bridgehead atoms. The van der Waals surface area contributed by atoms with Crippen LogP contribution in [0.15, 0.2) is 39.3 Å². The van der Waals surface area contributed by atoms with Crippen molar-refractivity contribution in [3.8, 4) is 0 Å². The van der Waals surface area contributed by atoms with Crippen LogP contribution in [0.3, 0.4) is 0 Å². The molecule has 2 atom stereocenters. The average Bonchev–Trinajstić information content (AvgIpc) is 3.23. The van der Waals surface area contributed by atoms with Crippen LogP contribution in [0, 0.1) is 5.92 Å². The van der Waals surface area contributed by atoms with Crippen LogP contribution < -0.4 is 10.6 Å². The molecule has 0 aliphatic rings. The van der Waals surface area contributed by atoms with E-state index in [0.717, 1.165) is 31.0 Å². The first kappa shape index (κ1) is 19.0. The van der Waals surface area contributed by atoms with Gasteiger partial charge in [-0.1, -0.05) is 13.0 Å². The van der Waals surface area contributed by atoms with E-state index in [1.54, 1.807) is 22.7 Å². The minimum absolute atomic E-state index is 0.332. The minimum atomic E-state index is -0.940. The van der Waals surface area contributed by atoms with Crippen LogP contribution in [0.5, 0.6) is 0 Å². The zero-order valence-corrected chi connectivity index (χ0v) is 16.2. The summed E-state index contributed by atoms with van der Waals surface area (Å²) >= 11 is 3.39. The molecule has 2 aromatic heterocycles. The zero-order valence-electron chi connectivity index (χ0n) is 14.6. The van der Waals surface area contributed by atoms with Crippen LogP contribution in [0.2, 0.25) is 0 Å². The predicted octanol–water partition coefficient (Wildman–Crippen LogP) is 3.45. The Balaban J connectivity index is 1.88. The SMILES string of the molecule is CCNC(=NCC(C)(O)c1ccsc1)NCC(C)Cc1cccs1. The Labute approximate surface area is 152 Å². The number of hydrogen-bond donors (Lipinski definition) is 3. The highest BCUT2D eigenvalue weighted by Gasteiger charge is 2.23. The summed E-state index contributed by atoms with van der Waals surface area (Å²) in [5, 5.41) is 23.3. The normalized spacial score (nSPS) is 15.8. The van der Waals surface area contributed by atoms with Gasteiger partial charge in [-0.3, -0.25) is 0 Å². The second kappa shape index (κ2) is 9.20. The highest BCUT2D eigenvalue weighted by atomic mass is 32.1. The van der Waals surface area contributed by atoms with E-state index in [9.17, 15) is 5.11 Å². The number of thiophene rings is 2. The van der Waals surface area contributed by atoms with Crippen LogP contribution in [0.4, 0.5) is 0 Å². The van der Waals surface area contributed by atoms with E-state index >= 15 is 0 Å². The number of nitrogens with zero attached hydrogens (tertiary/aromatic N) is 1. The van der Waals surface area contributed by atoms with Crippen LogP contribution in [0.1, 0.15) is 31.2 Å². The average molecular weight is 366 g/mol. The Morgan fingerprint density at radius 3 is 2.79 bits per heavy atom. The van der Waals surface area contributed by atoms with Crippen molar-refractivity contribution in [2.24, 2.45) is 10.9 Å². The van der Waals surface area contributed by atoms with Crippen LogP contribution in [0.25, 0.3) is 0 Å². The monoisotopic (exact) mass is 365 g/mol. The summed E-state index contributed by atoms with van der Waals surface area (Å²) in [4.78, 5) is 5.97. The van der Waals surface area contributed by atoms with E-state index < -0.39 is 5.60 Å². The first-order valence-corrected chi connectivity index (χ1v) is 10.1. The largest absolute Gasteiger partial charge is 0.383 e. The zero-order chi connectivity index (χ0) is 17.4. The van der Waals surface area contributed by atoms with Crippen molar-refractivity contribution in [1.29, 1.82) is 0 Å². The predicted molar refractivity (Wildman–Crippen MR) is 105 cm³/mol. The molecule has 6 heteroatoms. The molecule has 0 aromatic carbocycles. The second-order valence-electron chi connectivity index (χ2n) is 6.25. The molecule has 2 aromatic rings. The molecule has 132 valence electrons. The first-order valence-electron chi connectivity index (χ1n) is 8.31. The van der Waals surface area contributed by atoms with Gasteiger partial charge in [0.15, 0.2) is 5.96 Å². The van der Waals surface area contributed by atoms with Gasteiger partial charge in [-0.15, -0.1) is 11.3 Å². The summed E-state index contributed by atoms with van der Waals surface area (Å²) in [6.07, 6.45) is 1.07. The minimum Gasteiger partial charge on any atom is -0.383 e. The Morgan fingerprint density at radius 2 is 2.17 bits per heavy atom. The molecule has 0 radical (unpaired) electrons. The second-order valence-corrected chi connectivity index (χ2v) is 8.06. The molecule has 0 saturated carbocycles. The molecule has 0 saturated heterocycles. The fourth-order valence-corrected chi connectivity index (χ4v) is 4.00. The molecule has 0 aliphatic carbocycles. The van der Waals surface area contributed by atoms with Crippen molar-refractivity contribution in [1.82, 2.24) is 10.6 Å². The Bertz CT molecular complexity index is 606. The number of guanidine groups is 1. The molecule has 2 rings (SSSR count). The summed E-state index contributed by atoms with van der Waals surface area (Å²) in [5.41, 5.74) is -0.0246. The van der Waals surface area contributed by atoms with Crippen LogP contribution >= 0.6 is 22.7 Å². The van der Waals surface area contributed by atoms with Gasteiger partial charge < -0.3 is 15.7 Å². The first-order chi connectivity index (χ1) is 11.5. The van der Waals surface area contributed by atoms with Gasteiger partial charge in [-0.2, -0.15) is 11.3 Å². The van der Waals surface area contributed by atoms with Crippen molar-refractivity contribution in [3.63, 3.8) is 0 Å². The van der Waals surface area contributed by atoms with Gasteiger partial charge in [0, 0.05) is 18.0 Å². The third-order valence-corrected chi connectivity index (χ3v) is 5.36. The third kappa shape index (κ3) is 5.92. The lowest BCUT2D eigenvalue weighted by molar-refractivity contribution is 0.0677. The van der Waals surface area contributed by atoms with Crippen LogP contribution in [-0.4, -0.2) is 30.7 Å². The van der Waals surface area contributed by atoms with E-state index in [1.165, 1.54) is 4.88 Å². The molecular weight excluding hydrogens is 338 g/mol. The number of aliphatic imine (C=N–C) groups is 1. The van der Waals surface area contributed by atoms with Crippen molar-refractivity contribution in [2.45, 2.75) is 32.8 Å². The topological polar surface area (TPSA) is 56.7 Å². The van der Waals surface area contributed by atoms with Crippen molar-refractivity contribution in [2.75, 3.05) is 19.6 Å². The molecule has 0 fully saturated rings. The molecule has 0 aliphatic heterocycles. The maximum atomic E-state index is 10.6. The smallest absolute Gasteiger partial charge is 0.191 e. The van der Waals surface area contributed by atoms with E-state index in [0.29, 0.717) is 12.5 Å². The molecular formula is C18H27N3OS2. The summed E-state index contributed by atoms with van der Waals surface area (Å²) in [7, 11) is 0. The van der Waals surface area contributed by atoms with Crippen molar-refractivity contribution in [3.05, 3.63) is 44.8 Å². The Hall–Kier alpha value is -1.37. The van der Waals surface area contributed by atoms with Gasteiger partial charge in [0.25, 0.3) is 0 Å². The summed E-state index contributed by atoms with van der Waals surface area (Å²) in [5.74, 6) is 1.27. The van der Waals surface area contributed by atoms with Crippen LogP contribution in [-0.2, 0) is 12.0 Å². The molecule has 2 unspecified atom stereocenters. The van der Waals surface area contributed by atoms with Crippen molar-refractivity contribution >= 4 is 28.6 Å². The summed E-state index contributed by atoms with van der Waals surface area (Å²) < 4.78 is 0. The molecule has 0 amide bonds. The molecule has 2 heterocycles. The van der Waals surface area contributed by atoms with Gasteiger partial charge in [-0.05, 0) is 60.0 Å². The van der Waals surface area contributed by atoms with Gasteiger partial charge in [-0.25, -0.2) is 4.99 Å². The lowest BCUT2D eigenvalue weighted by Gasteiger charge is -2.21. The molecule has 24 heavy (non-hydrogen) atoms. The molecule has 4 nitrogen and oxygen atoms in total. The highest BCUT2D eigenvalue weighted by Crippen LogP contribution is 2.23. The number of rotatable bonds is 8. The standard InChI is InChI=1S/C18H27N3OS2/c1-4-19-17(20-11-14(2)10-16-6-5-8-24-16)21-13-18(3,22)15-7-9-23-12-15/h5-9,12,14,22H,4,10-11,13H2,1-3H3,(H2,19,20,21). The van der Waals surface area contributed by atoms with E-state index in [4.69, 9.17) is 0 Å². The fourth-order valence-electron chi connectivity index (χ4n) is 2.35. The molecule has 3 N–H and O–H groups in total.